The van der Waals surface area contributed by atoms with Gasteiger partial charge in [-0.15, -0.1) is 0 Å². The van der Waals surface area contributed by atoms with Gasteiger partial charge in [0.2, 0.25) is 0 Å². The van der Waals surface area contributed by atoms with E-state index < -0.39 is 9.84 Å². The Labute approximate surface area is 169 Å². The van der Waals surface area contributed by atoms with E-state index in [2.05, 4.69) is 4.99 Å². The molecule has 1 aromatic carbocycles. The Morgan fingerprint density at radius 3 is 2.61 bits per heavy atom. The van der Waals surface area contributed by atoms with Gasteiger partial charge in [0.1, 0.15) is 0 Å². The summed E-state index contributed by atoms with van der Waals surface area (Å²) in [4.78, 5) is 30.9. The first-order valence-electron chi connectivity index (χ1n) is 9.74. The standard InChI is InChI=1S/C20H24N2O4S2/c1-13(23)15-8-5-9-16(10-15)22-17-11-28(25,26)12-18(17)27-20(22)21-19(24)14-6-3-2-4-7-14/h5,8-10,14,17-18H,2-4,6-7,11-12H2,1H3/t17-,18+/m0/s1. The lowest BCUT2D eigenvalue weighted by atomic mass is 9.89. The lowest BCUT2D eigenvalue weighted by Gasteiger charge is -2.25. The number of sulfone groups is 1. The maximum atomic E-state index is 12.8. The van der Waals surface area contributed by atoms with E-state index in [4.69, 9.17) is 0 Å². The first-order valence-corrected chi connectivity index (χ1v) is 12.4. The van der Waals surface area contributed by atoms with E-state index in [1.165, 1.54) is 25.1 Å². The predicted molar refractivity (Wildman–Crippen MR) is 112 cm³/mol. The van der Waals surface area contributed by atoms with E-state index in [0.717, 1.165) is 31.4 Å². The first kappa shape index (κ1) is 19.6. The average molecular weight is 421 g/mol. The number of hydrogen-bond donors (Lipinski definition) is 0. The van der Waals surface area contributed by atoms with Crippen LogP contribution in [0, 0.1) is 5.92 Å². The molecule has 0 aromatic heterocycles. The summed E-state index contributed by atoms with van der Waals surface area (Å²) < 4.78 is 24.3. The monoisotopic (exact) mass is 420 g/mol. The number of amides is 1. The van der Waals surface area contributed by atoms with Crippen LogP contribution in [0.1, 0.15) is 49.4 Å². The number of rotatable bonds is 3. The van der Waals surface area contributed by atoms with Crippen LogP contribution in [0.2, 0.25) is 0 Å². The molecule has 0 unspecified atom stereocenters. The van der Waals surface area contributed by atoms with Gasteiger partial charge in [0.15, 0.2) is 20.8 Å². The van der Waals surface area contributed by atoms with Gasteiger partial charge in [-0.05, 0) is 31.9 Å². The number of nitrogens with zero attached hydrogens (tertiary/aromatic N) is 2. The molecule has 1 aromatic rings. The van der Waals surface area contributed by atoms with Crippen LogP contribution < -0.4 is 4.90 Å². The van der Waals surface area contributed by atoms with E-state index in [-0.39, 0.29) is 40.4 Å². The zero-order chi connectivity index (χ0) is 19.9. The highest BCUT2D eigenvalue weighted by Crippen LogP contribution is 2.41. The number of fused-ring (bicyclic) bond motifs is 1. The summed E-state index contributed by atoms with van der Waals surface area (Å²) >= 11 is 1.38. The Bertz CT molecular complexity index is 935. The van der Waals surface area contributed by atoms with Gasteiger partial charge >= 0.3 is 0 Å². The molecule has 3 aliphatic rings. The fourth-order valence-electron chi connectivity index (χ4n) is 4.28. The lowest BCUT2D eigenvalue weighted by Crippen LogP contribution is -2.38. The van der Waals surface area contributed by atoms with Gasteiger partial charge in [0.05, 0.1) is 17.5 Å². The summed E-state index contributed by atoms with van der Waals surface area (Å²) in [6.45, 7) is 1.50. The van der Waals surface area contributed by atoms with Gasteiger partial charge < -0.3 is 4.90 Å². The minimum absolute atomic E-state index is 0.0311. The summed E-state index contributed by atoms with van der Waals surface area (Å²) in [5.74, 6) is -0.0387. The third-order valence-electron chi connectivity index (χ3n) is 5.76. The van der Waals surface area contributed by atoms with Crippen molar-refractivity contribution in [1.82, 2.24) is 0 Å². The molecule has 0 spiro atoms. The van der Waals surface area contributed by atoms with Gasteiger partial charge in [0.25, 0.3) is 5.91 Å². The molecule has 2 saturated heterocycles. The van der Waals surface area contributed by atoms with Crippen LogP contribution in [0.3, 0.4) is 0 Å². The van der Waals surface area contributed by atoms with E-state index in [1.54, 1.807) is 18.2 Å². The predicted octanol–water partition coefficient (Wildman–Crippen LogP) is 3.07. The third kappa shape index (κ3) is 3.89. The Hall–Kier alpha value is -1.67. The molecule has 2 heterocycles. The maximum absolute atomic E-state index is 12.8. The second kappa shape index (κ2) is 7.63. The number of carbonyl (C=O) groups excluding carboxylic acids is 2. The quantitative estimate of drug-likeness (QED) is 0.699. The van der Waals surface area contributed by atoms with Crippen LogP contribution in [0.15, 0.2) is 29.3 Å². The molecule has 0 N–H and O–H groups in total. The SMILES string of the molecule is CC(=O)c1cccc(N2C(=NC(=O)C3CCCCC3)S[C@@H]3CS(=O)(=O)C[C@@H]32)c1. The second-order valence-corrected chi connectivity index (χ2v) is 11.2. The topological polar surface area (TPSA) is 83.9 Å². The Kier molecular flexibility index (Phi) is 5.35. The molecule has 2 atom stereocenters. The minimum atomic E-state index is -3.11. The molecule has 28 heavy (non-hydrogen) atoms. The Balaban J connectivity index is 1.69. The third-order valence-corrected chi connectivity index (χ3v) is 8.97. The van der Waals surface area contributed by atoms with Crippen molar-refractivity contribution < 1.29 is 18.0 Å². The van der Waals surface area contributed by atoms with Crippen molar-refractivity contribution in [3.63, 3.8) is 0 Å². The van der Waals surface area contributed by atoms with Crippen molar-refractivity contribution in [2.75, 3.05) is 16.4 Å². The lowest BCUT2D eigenvalue weighted by molar-refractivity contribution is -0.122. The number of hydrogen-bond acceptors (Lipinski definition) is 5. The summed E-state index contributed by atoms with van der Waals surface area (Å²) in [6, 6.07) is 6.88. The summed E-state index contributed by atoms with van der Waals surface area (Å²) in [6.07, 6.45) is 5.04. The molecule has 1 saturated carbocycles. The van der Waals surface area contributed by atoms with E-state index in [0.29, 0.717) is 10.7 Å². The van der Waals surface area contributed by atoms with Crippen LogP contribution in [-0.4, -0.2) is 48.1 Å². The molecule has 4 rings (SSSR count). The molecule has 6 nitrogen and oxygen atoms in total. The number of anilines is 1. The highest BCUT2D eigenvalue weighted by molar-refractivity contribution is 8.16. The van der Waals surface area contributed by atoms with Crippen LogP contribution in [0.4, 0.5) is 5.69 Å². The number of ketones is 1. The van der Waals surface area contributed by atoms with Gasteiger partial charge in [0, 0.05) is 22.4 Å². The van der Waals surface area contributed by atoms with Crippen molar-refractivity contribution in [3.05, 3.63) is 29.8 Å². The second-order valence-electron chi connectivity index (χ2n) is 7.84. The fraction of sp³-hybridized carbons (Fsp3) is 0.550. The van der Waals surface area contributed by atoms with Crippen LogP contribution in [0.5, 0.6) is 0 Å². The molecule has 3 fully saturated rings. The van der Waals surface area contributed by atoms with E-state index in [9.17, 15) is 18.0 Å². The molecule has 150 valence electrons. The molecule has 0 bridgehead atoms. The fourth-order valence-corrected chi connectivity index (χ4v) is 8.20. The zero-order valence-electron chi connectivity index (χ0n) is 15.8. The number of Topliss-reactive ketones (excluding diaryl/α,β-unsaturated/α-hetero) is 1. The van der Waals surface area contributed by atoms with Gasteiger partial charge in [-0.2, -0.15) is 4.99 Å². The summed E-state index contributed by atoms with van der Waals surface area (Å²) in [7, 11) is -3.11. The van der Waals surface area contributed by atoms with Crippen molar-refractivity contribution in [2.24, 2.45) is 10.9 Å². The van der Waals surface area contributed by atoms with Crippen molar-refractivity contribution >= 4 is 44.1 Å². The summed E-state index contributed by atoms with van der Waals surface area (Å²) in [5.41, 5.74) is 1.28. The zero-order valence-corrected chi connectivity index (χ0v) is 17.5. The van der Waals surface area contributed by atoms with E-state index >= 15 is 0 Å². The number of benzene rings is 1. The molecule has 8 heteroatoms. The molecule has 1 aliphatic carbocycles. The van der Waals surface area contributed by atoms with E-state index in [1.807, 2.05) is 11.0 Å². The number of carbonyl (C=O) groups is 2. The number of thioether (sulfide) groups is 1. The van der Waals surface area contributed by atoms with Crippen LogP contribution >= 0.6 is 11.8 Å². The highest BCUT2D eigenvalue weighted by Gasteiger charge is 2.49. The first-order chi connectivity index (χ1) is 13.3. The Morgan fingerprint density at radius 1 is 1.14 bits per heavy atom. The smallest absolute Gasteiger partial charge is 0.251 e. The van der Waals surface area contributed by atoms with Crippen LogP contribution in [-0.2, 0) is 14.6 Å². The van der Waals surface area contributed by atoms with Crippen molar-refractivity contribution in [2.45, 2.75) is 50.3 Å². The molecule has 1 amide bonds. The molecule has 0 radical (unpaired) electrons. The molecular formula is C20H24N2O4S2. The normalized spacial score (nSPS) is 28.5. The highest BCUT2D eigenvalue weighted by atomic mass is 32.2. The van der Waals surface area contributed by atoms with Crippen molar-refractivity contribution in [1.29, 1.82) is 0 Å². The van der Waals surface area contributed by atoms with Gasteiger partial charge in [-0.3, -0.25) is 9.59 Å². The number of amidine groups is 1. The van der Waals surface area contributed by atoms with Gasteiger partial charge in [-0.1, -0.05) is 43.2 Å². The minimum Gasteiger partial charge on any atom is -0.316 e. The Morgan fingerprint density at radius 2 is 1.89 bits per heavy atom. The molecule has 2 aliphatic heterocycles. The van der Waals surface area contributed by atoms with Crippen LogP contribution in [0.25, 0.3) is 0 Å². The number of aliphatic imine (C=N–C) groups is 1. The van der Waals surface area contributed by atoms with Crippen molar-refractivity contribution in [3.8, 4) is 0 Å². The summed E-state index contributed by atoms with van der Waals surface area (Å²) in [5, 5.41) is 0.435. The molecular weight excluding hydrogens is 396 g/mol. The maximum Gasteiger partial charge on any atom is 0.251 e. The van der Waals surface area contributed by atoms with Gasteiger partial charge in [-0.25, -0.2) is 8.42 Å². The average Bonchev–Trinajstić information content (AvgIpc) is 3.13. The largest absolute Gasteiger partial charge is 0.316 e.